The molecular weight excluding hydrogens is 400 g/mol. The predicted molar refractivity (Wildman–Crippen MR) is 131 cm³/mol. The molecule has 168 valence electrons. The van der Waals surface area contributed by atoms with E-state index in [9.17, 15) is 4.79 Å². The molecule has 0 saturated heterocycles. The number of nitrogens with one attached hydrogen (secondary N) is 2. The van der Waals surface area contributed by atoms with Gasteiger partial charge >= 0.3 is 0 Å². The maximum atomic E-state index is 12.3. The first kappa shape index (κ1) is 23.2. The van der Waals surface area contributed by atoms with Gasteiger partial charge in [0.15, 0.2) is 0 Å². The Morgan fingerprint density at radius 2 is 1.53 bits per heavy atom. The first-order valence-electron chi connectivity index (χ1n) is 11.3. The molecule has 32 heavy (non-hydrogen) atoms. The number of amides is 1. The summed E-state index contributed by atoms with van der Waals surface area (Å²) in [5, 5.41) is 6.03. The van der Waals surface area contributed by atoms with Gasteiger partial charge in [-0.3, -0.25) is 4.79 Å². The van der Waals surface area contributed by atoms with Gasteiger partial charge in [-0.25, -0.2) is 0 Å². The van der Waals surface area contributed by atoms with Crippen LogP contribution in [0.1, 0.15) is 31.7 Å². The Bertz CT molecular complexity index is 943. The van der Waals surface area contributed by atoms with Gasteiger partial charge in [-0.05, 0) is 61.2 Å². The van der Waals surface area contributed by atoms with Crippen molar-refractivity contribution in [2.45, 2.75) is 32.6 Å². The number of rotatable bonds is 13. The van der Waals surface area contributed by atoms with E-state index in [0.29, 0.717) is 13.2 Å². The molecule has 0 radical (unpaired) electrons. The lowest BCUT2D eigenvalue weighted by molar-refractivity contribution is -0.114. The standard InChI is InChI=1S/C27H32N2O3/c1-2-3-18-32-26-13-7-12-24(20-26)29-27(30)21-28-23-14-16-25(17-15-23)31-19-8-11-22-9-5-4-6-10-22/h4-7,9-10,12-17,20,28H,2-3,8,11,18-19,21H2,1H3,(H,29,30). The molecule has 2 N–H and O–H groups in total. The first-order chi connectivity index (χ1) is 15.7. The molecule has 0 aromatic heterocycles. The van der Waals surface area contributed by atoms with Gasteiger partial charge in [0.1, 0.15) is 11.5 Å². The number of hydrogen-bond donors (Lipinski definition) is 2. The highest BCUT2D eigenvalue weighted by molar-refractivity contribution is 5.93. The van der Waals surface area contributed by atoms with Crippen LogP contribution in [-0.4, -0.2) is 25.7 Å². The van der Waals surface area contributed by atoms with Crippen LogP contribution in [0.2, 0.25) is 0 Å². The molecule has 0 unspecified atom stereocenters. The maximum Gasteiger partial charge on any atom is 0.243 e. The van der Waals surface area contributed by atoms with Gasteiger partial charge < -0.3 is 20.1 Å². The van der Waals surface area contributed by atoms with Crippen molar-refractivity contribution in [1.29, 1.82) is 0 Å². The quantitative estimate of drug-likeness (QED) is 0.329. The van der Waals surface area contributed by atoms with E-state index in [2.05, 4.69) is 41.8 Å². The lowest BCUT2D eigenvalue weighted by Crippen LogP contribution is -2.21. The summed E-state index contributed by atoms with van der Waals surface area (Å²) in [6.45, 7) is 3.66. The van der Waals surface area contributed by atoms with Crippen LogP contribution < -0.4 is 20.1 Å². The van der Waals surface area contributed by atoms with Crippen molar-refractivity contribution in [3.05, 3.63) is 84.4 Å². The third-order valence-corrected chi connectivity index (χ3v) is 4.91. The van der Waals surface area contributed by atoms with Gasteiger partial charge in [0.25, 0.3) is 0 Å². The van der Waals surface area contributed by atoms with E-state index in [-0.39, 0.29) is 12.5 Å². The lowest BCUT2D eigenvalue weighted by atomic mass is 10.1. The number of anilines is 2. The van der Waals surface area contributed by atoms with Gasteiger partial charge in [0, 0.05) is 17.4 Å². The molecule has 3 rings (SSSR count). The highest BCUT2D eigenvalue weighted by atomic mass is 16.5. The molecule has 0 saturated carbocycles. The fourth-order valence-electron chi connectivity index (χ4n) is 3.17. The fourth-order valence-corrected chi connectivity index (χ4v) is 3.17. The summed E-state index contributed by atoms with van der Waals surface area (Å²) in [5.41, 5.74) is 2.92. The van der Waals surface area contributed by atoms with Crippen LogP contribution in [0.5, 0.6) is 11.5 Å². The molecule has 3 aromatic carbocycles. The second-order valence-corrected chi connectivity index (χ2v) is 7.59. The summed E-state index contributed by atoms with van der Waals surface area (Å²) in [5.74, 6) is 1.48. The van der Waals surface area contributed by atoms with Gasteiger partial charge in [-0.2, -0.15) is 0 Å². The number of unbranched alkanes of at least 4 members (excludes halogenated alkanes) is 1. The fraction of sp³-hybridized carbons (Fsp3) is 0.296. The monoisotopic (exact) mass is 432 g/mol. The predicted octanol–water partition coefficient (Wildman–Crippen LogP) is 5.93. The number of benzene rings is 3. The smallest absolute Gasteiger partial charge is 0.243 e. The zero-order valence-electron chi connectivity index (χ0n) is 18.7. The highest BCUT2D eigenvalue weighted by Gasteiger charge is 2.04. The zero-order chi connectivity index (χ0) is 22.4. The normalized spacial score (nSPS) is 10.4. The molecule has 0 heterocycles. The molecule has 0 aliphatic heterocycles. The Morgan fingerprint density at radius 1 is 0.781 bits per heavy atom. The number of aryl methyl sites for hydroxylation is 1. The number of carbonyl (C=O) groups excluding carboxylic acids is 1. The Kier molecular flexibility index (Phi) is 9.46. The minimum atomic E-state index is -0.114. The Labute approximate surface area is 190 Å². The van der Waals surface area contributed by atoms with E-state index in [4.69, 9.17) is 9.47 Å². The second-order valence-electron chi connectivity index (χ2n) is 7.59. The van der Waals surface area contributed by atoms with Crippen LogP contribution in [-0.2, 0) is 11.2 Å². The van der Waals surface area contributed by atoms with Gasteiger partial charge in [0.2, 0.25) is 5.91 Å². The zero-order valence-corrected chi connectivity index (χ0v) is 18.7. The molecule has 0 aliphatic rings. The Balaban J connectivity index is 1.36. The molecule has 0 atom stereocenters. The van der Waals surface area contributed by atoms with Crippen molar-refractivity contribution in [1.82, 2.24) is 0 Å². The largest absolute Gasteiger partial charge is 0.494 e. The van der Waals surface area contributed by atoms with Crippen molar-refractivity contribution in [2.24, 2.45) is 0 Å². The summed E-state index contributed by atoms with van der Waals surface area (Å²) >= 11 is 0. The minimum absolute atomic E-state index is 0.114. The van der Waals surface area contributed by atoms with Crippen molar-refractivity contribution < 1.29 is 14.3 Å². The SMILES string of the molecule is CCCCOc1cccc(NC(=O)CNc2ccc(OCCCc3ccccc3)cc2)c1. The average molecular weight is 433 g/mol. The summed E-state index contributed by atoms with van der Waals surface area (Å²) in [4.78, 5) is 12.3. The van der Waals surface area contributed by atoms with Crippen LogP contribution in [0.25, 0.3) is 0 Å². The molecule has 0 bridgehead atoms. The van der Waals surface area contributed by atoms with E-state index in [1.54, 1.807) is 0 Å². The molecule has 3 aromatic rings. The third-order valence-electron chi connectivity index (χ3n) is 4.91. The Morgan fingerprint density at radius 3 is 2.31 bits per heavy atom. The van der Waals surface area contributed by atoms with Crippen molar-refractivity contribution in [3.8, 4) is 11.5 Å². The summed E-state index contributed by atoms with van der Waals surface area (Å²) in [6.07, 6.45) is 4.07. The molecule has 5 nitrogen and oxygen atoms in total. The average Bonchev–Trinajstić information content (AvgIpc) is 2.82. The van der Waals surface area contributed by atoms with E-state index >= 15 is 0 Å². The molecule has 0 fully saturated rings. The molecular formula is C27H32N2O3. The van der Waals surface area contributed by atoms with E-state index in [1.807, 2.05) is 54.6 Å². The van der Waals surface area contributed by atoms with E-state index in [0.717, 1.165) is 48.6 Å². The van der Waals surface area contributed by atoms with Gasteiger partial charge in [-0.1, -0.05) is 49.7 Å². The highest BCUT2D eigenvalue weighted by Crippen LogP contribution is 2.18. The van der Waals surface area contributed by atoms with Crippen LogP contribution in [0.4, 0.5) is 11.4 Å². The van der Waals surface area contributed by atoms with Crippen LogP contribution in [0, 0.1) is 0 Å². The molecule has 0 aliphatic carbocycles. The number of ether oxygens (including phenoxy) is 2. The van der Waals surface area contributed by atoms with Crippen molar-refractivity contribution in [3.63, 3.8) is 0 Å². The minimum Gasteiger partial charge on any atom is -0.494 e. The molecule has 5 heteroatoms. The van der Waals surface area contributed by atoms with Crippen LogP contribution in [0.3, 0.4) is 0 Å². The first-order valence-corrected chi connectivity index (χ1v) is 11.3. The third kappa shape index (κ3) is 8.34. The summed E-state index contributed by atoms with van der Waals surface area (Å²) in [7, 11) is 0. The van der Waals surface area contributed by atoms with Gasteiger partial charge in [-0.15, -0.1) is 0 Å². The lowest BCUT2D eigenvalue weighted by Gasteiger charge is -2.11. The summed E-state index contributed by atoms with van der Waals surface area (Å²) in [6, 6.07) is 25.6. The number of carbonyl (C=O) groups is 1. The second kappa shape index (κ2) is 13.1. The number of hydrogen-bond acceptors (Lipinski definition) is 4. The van der Waals surface area contributed by atoms with Gasteiger partial charge in [0.05, 0.1) is 19.8 Å². The van der Waals surface area contributed by atoms with Crippen LogP contribution >= 0.6 is 0 Å². The van der Waals surface area contributed by atoms with Crippen molar-refractivity contribution >= 4 is 17.3 Å². The van der Waals surface area contributed by atoms with Crippen molar-refractivity contribution in [2.75, 3.05) is 30.4 Å². The maximum absolute atomic E-state index is 12.3. The Hall–Kier alpha value is -3.47. The van der Waals surface area contributed by atoms with E-state index in [1.165, 1.54) is 5.56 Å². The topological polar surface area (TPSA) is 59.6 Å². The summed E-state index contributed by atoms with van der Waals surface area (Å²) < 4.78 is 11.5. The van der Waals surface area contributed by atoms with E-state index < -0.39 is 0 Å². The van der Waals surface area contributed by atoms with Crippen LogP contribution in [0.15, 0.2) is 78.9 Å². The molecule has 1 amide bonds. The molecule has 0 spiro atoms.